The number of pyridine rings is 1. The third kappa shape index (κ3) is 3.82. The first-order chi connectivity index (χ1) is 15.1. The maximum atomic E-state index is 13.6. The van der Waals surface area contributed by atoms with Crippen molar-refractivity contribution in [1.82, 2.24) is 15.0 Å². The van der Waals surface area contributed by atoms with Gasteiger partial charge >= 0.3 is 0 Å². The van der Waals surface area contributed by atoms with Crippen LogP contribution in [0.2, 0.25) is 0 Å². The topological polar surface area (TPSA) is 59.0 Å². The summed E-state index contributed by atoms with van der Waals surface area (Å²) in [6.45, 7) is 4.66. The predicted octanol–water partition coefficient (Wildman–Crippen LogP) is 6.27. The van der Waals surface area contributed by atoms with Crippen molar-refractivity contribution in [3.05, 3.63) is 83.1 Å². The molecular formula is C24H20N4OS2. The van der Waals surface area contributed by atoms with Crippen molar-refractivity contribution >= 4 is 54.1 Å². The van der Waals surface area contributed by atoms with E-state index in [2.05, 4.69) is 42.0 Å². The number of carbonyl (C=O) groups excluding carboxylic acids is 1. The summed E-state index contributed by atoms with van der Waals surface area (Å²) in [7, 11) is 0. The largest absolute Gasteiger partial charge is 0.289 e. The Kier molecular flexibility index (Phi) is 5.21. The van der Waals surface area contributed by atoms with Crippen molar-refractivity contribution in [3.63, 3.8) is 0 Å². The van der Waals surface area contributed by atoms with Crippen LogP contribution in [0.25, 0.3) is 20.4 Å². The average molecular weight is 445 g/mol. The molecule has 3 aromatic heterocycles. The zero-order valence-electron chi connectivity index (χ0n) is 17.1. The summed E-state index contributed by atoms with van der Waals surface area (Å²) in [5.74, 6) is 0.194. The summed E-state index contributed by atoms with van der Waals surface area (Å²) < 4.78 is 2.07. The number of para-hydroxylation sites is 2. The highest BCUT2D eigenvalue weighted by molar-refractivity contribution is 7.23. The first-order valence-electron chi connectivity index (χ1n) is 10.1. The van der Waals surface area contributed by atoms with Gasteiger partial charge in [-0.2, -0.15) is 0 Å². The van der Waals surface area contributed by atoms with Crippen LogP contribution < -0.4 is 4.90 Å². The smallest absolute Gasteiger partial charge is 0.276 e. The molecule has 154 valence electrons. The van der Waals surface area contributed by atoms with Crippen LogP contribution >= 0.6 is 22.7 Å². The molecule has 7 heteroatoms. The number of rotatable bonds is 5. The Labute approximate surface area is 188 Å². The first kappa shape index (κ1) is 19.8. The highest BCUT2D eigenvalue weighted by Gasteiger charge is 2.25. The van der Waals surface area contributed by atoms with Gasteiger partial charge in [-0.15, -0.1) is 11.3 Å². The van der Waals surface area contributed by atoms with E-state index in [1.807, 2.05) is 42.5 Å². The highest BCUT2D eigenvalue weighted by atomic mass is 32.1. The van der Waals surface area contributed by atoms with Gasteiger partial charge in [0.1, 0.15) is 0 Å². The molecule has 0 fully saturated rings. The number of carbonyl (C=O) groups is 1. The molecule has 0 saturated heterocycles. The fourth-order valence-corrected chi connectivity index (χ4v) is 5.41. The van der Waals surface area contributed by atoms with Crippen LogP contribution in [0.4, 0.5) is 5.13 Å². The molecule has 0 aliphatic heterocycles. The molecule has 0 atom stereocenters. The summed E-state index contributed by atoms with van der Waals surface area (Å²) >= 11 is 2.94. The number of hydrogen-bond acceptors (Lipinski definition) is 6. The third-order valence-electron chi connectivity index (χ3n) is 5.06. The molecule has 0 N–H and O–H groups in total. The fourth-order valence-electron chi connectivity index (χ4n) is 3.50. The van der Waals surface area contributed by atoms with Crippen LogP contribution in [0, 0.1) is 0 Å². The number of benzene rings is 2. The van der Waals surface area contributed by atoms with Gasteiger partial charge < -0.3 is 0 Å². The van der Waals surface area contributed by atoms with Crippen molar-refractivity contribution in [3.8, 4) is 0 Å². The summed E-state index contributed by atoms with van der Waals surface area (Å²) in [6.07, 6.45) is 1.74. The lowest BCUT2D eigenvalue weighted by Crippen LogP contribution is -2.30. The van der Waals surface area contributed by atoms with E-state index >= 15 is 0 Å². The van der Waals surface area contributed by atoms with Gasteiger partial charge in [0.25, 0.3) is 5.91 Å². The summed E-state index contributed by atoms with van der Waals surface area (Å²) in [6, 6.07) is 19.7. The zero-order chi connectivity index (χ0) is 21.4. The van der Waals surface area contributed by atoms with Gasteiger partial charge in [0.15, 0.2) is 10.1 Å². The number of aromatic nitrogens is 3. The molecule has 0 saturated carbocycles. The van der Waals surface area contributed by atoms with E-state index in [4.69, 9.17) is 4.98 Å². The molecule has 0 radical (unpaired) electrons. The van der Waals surface area contributed by atoms with Gasteiger partial charge in [-0.25, -0.2) is 9.97 Å². The van der Waals surface area contributed by atoms with Crippen LogP contribution in [0.15, 0.2) is 66.9 Å². The summed E-state index contributed by atoms with van der Waals surface area (Å²) in [5, 5.41) is 1.12. The van der Waals surface area contributed by atoms with Gasteiger partial charge in [-0.05, 0) is 41.8 Å². The van der Waals surface area contributed by atoms with Gasteiger partial charge in [-0.1, -0.05) is 55.5 Å². The van der Waals surface area contributed by atoms with E-state index in [1.54, 1.807) is 11.1 Å². The van der Waals surface area contributed by atoms with Crippen molar-refractivity contribution < 1.29 is 4.79 Å². The number of nitrogens with zero attached hydrogens (tertiary/aromatic N) is 4. The number of fused-ring (bicyclic) bond motifs is 2. The SMILES string of the molecule is CC(C)c1cccc2sc(N(Cc3ccccn3)C(=O)c3nc4ccccc4s3)nc12. The monoisotopic (exact) mass is 444 g/mol. The normalized spacial score (nSPS) is 11.5. The molecule has 5 nitrogen and oxygen atoms in total. The minimum absolute atomic E-state index is 0.156. The van der Waals surface area contributed by atoms with Crippen LogP contribution in [0.1, 0.15) is 40.8 Å². The Balaban J connectivity index is 1.61. The second kappa shape index (κ2) is 8.17. The van der Waals surface area contributed by atoms with Gasteiger partial charge in [0, 0.05) is 6.20 Å². The Morgan fingerprint density at radius 3 is 2.52 bits per heavy atom. The third-order valence-corrected chi connectivity index (χ3v) is 7.13. The van der Waals surface area contributed by atoms with Crippen molar-refractivity contribution in [2.24, 2.45) is 0 Å². The van der Waals surface area contributed by atoms with Crippen LogP contribution in [-0.2, 0) is 6.54 Å². The quantitative estimate of drug-likeness (QED) is 0.320. The summed E-state index contributed by atoms with van der Waals surface area (Å²) in [4.78, 5) is 29.2. The zero-order valence-corrected chi connectivity index (χ0v) is 18.8. The van der Waals surface area contributed by atoms with E-state index in [9.17, 15) is 4.79 Å². The Bertz CT molecular complexity index is 1340. The minimum Gasteiger partial charge on any atom is -0.276 e. The van der Waals surface area contributed by atoms with E-state index < -0.39 is 0 Å². The Morgan fingerprint density at radius 2 is 1.74 bits per heavy atom. The molecule has 31 heavy (non-hydrogen) atoms. The number of thiazole rings is 2. The van der Waals surface area contributed by atoms with E-state index in [-0.39, 0.29) is 5.91 Å². The second-order valence-electron chi connectivity index (χ2n) is 7.54. The fraction of sp³-hybridized carbons (Fsp3) is 0.167. The van der Waals surface area contributed by atoms with E-state index in [1.165, 1.54) is 28.2 Å². The van der Waals surface area contributed by atoms with E-state index in [0.717, 1.165) is 26.1 Å². The highest BCUT2D eigenvalue weighted by Crippen LogP contribution is 2.35. The number of amides is 1. The molecule has 0 bridgehead atoms. The minimum atomic E-state index is -0.156. The first-order valence-corrected chi connectivity index (χ1v) is 11.7. The van der Waals surface area contributed by atoms with Crippen molar-refractivity contribution in [2.45, 2.75) is 26.3 Å². The van der Waals surface area contributed by atoms with Crippen LogP contribution in [0.3, 0.4) is 0 Å². The maximum Gasteiger partial charge on any atom is 0.289 e. The van der Waals surface area contributed by atoms with Crippen LogP contribution in [0.5, 0.6) is 0 Å². The van der Waals surface area contributed by atoms with E-state index in [0.29, 0.717) is 22.6 Å². The van der Waals surface area contributed by atoms with Gasteiger partial charge in [-0.3, -0.25) is 14.7 Å². The lowest BCUT2D eigenvalue weighted by Gasteiger charge is -2.18. The van der Waals surface area contributed by atoms with Gasteiger partial charge in [0.2, 0.25) is 0 Å². The summed E-state index contributed by atoms with van der Waals surface area (Å²) in [5.41, 5.74) is 3.78. The molecule has 5 rings (SSSR count). The average Bonchev–Trinajstić information content (AvgIpc) is 3.41. The number of anilines is 1. The van der Waals surface area contributed by atoms with Crippen molar-refractivity contribution in [1.29, 1.82) is 0 Å². The molecule has 5 aromatic rings. The molecule has 0 unspecified atom stereocenters. The van der Waals surface area contributed by atoms with Gasteiger partial charge in [0.05, 0.1) is 32.7 Å². The molecule has 1 amide bonds. The Morgan fingerprint density at radius 1 is 0.935 bits per heavy atom. The van der Waals surface area contributed by atoms with Crippen LogP contribution in [-0.4, -0.2) is 20.9 Å². The molecule has 0 spiro atoms. The Hall–Kier alpha value is -3.16. The van der Waals surface area contributed by atoms with Crippen molar-refractivity contribution in [2.75, 3.05) is 4.90 Å². The molecule has 3 heterocycles. The second-order valence-corrected chi connectivity index (χ2v) is 9.58. The maximum absolute atomic E-state index is 13.6. The molecular weight excluding hydrogens is 424 g/mol. The predicted molar refractivity (Wildman–Crippen MR) is 128 cm³/mol. The standard InChI is InChI=1S/C24H20N4OS2/c1-15(2)17-9-7-12-20-21(17)27-24(31-20)28(14-16-8-5-6-13-25-16)23(29)22-26-18-10-3-4-11-19(18)30-22/h3-13,15H,14H2,1-2H3. The number of hydrogen-bond donors (Lipinski definition) is 0. The molecule has 2 aromatic carbocycles. The lowest BCUT2D eigenvalue weighted by molar-refractivity contribution is 0.0984. The molecule has 0 aliphatic carbocycles. The molecule has 0 aliphatic rings. The lowest BCUT2D eigenvalue weighted by atomic mass is 10.0.